The van der Waals surface area contributed by atoms with E-state index in [9.17, 15) is 33.6 Å². The first kappa shape index (κ1) is 38.2. The highest BCUT2D eigenvalue weighted by Gasteiger charge is 2.29. The number of carboxylic acids is 4. The third kappa shape index (κ3) is 13.9. The van der Waals surface area contributed by atoms with Gasteiger partial charge in [0.15, 0.2) is 11.5 Å². The number of fused-ring (bicyclic) bond motifs is 1. The summed E-state index contributed by atoms with van der Waals surface area (Å²) in [5.41, 5.74) is 0.807. The molecule has 0 spiro atoms. The third-order valence-corrected chi connectivity index (χ3v) is 6.82. The van der Waals surface area contributed by atoms with Crippen molar-refractivity contribution in [1.82, 2.24) is 25.8 Å². The number of amides is 3. The summed E-state index contributed by atoms with van der Waals surface area (Å²) in [6.45, 7) is -0.806. The van der Waals surface area contributed by atoms with Gasteiger partial charge in [0.2, 0.25) is 17.7 Å². The van der Waals surface area contributed by atoms with Gasteiger partial charge in [0.05, 0.1) is 39.3 Å². The molecule has 1 aliphatic rings. The lowest BCUT2D eigenvalue weighted by Gasteiger charge is -2.33. The van der Waals surface area contributed by atoms with Gasteiger partial charge in [-0.1, -0.05) is 19.9 Å². The fourth-order valence-corrected chi connectivity index (χ4v) is 4.75. The second kappa shape index (κ2) is 18.9. The van der Waals surface area contributed by atoms with Gasteiger partial charge in [0, 0.05) is 13.1 Å². The summed E-state index contributed by atoms with van der Waals surface area (Å²) in [6.07, 6.45) is 1.70. The van der Waals surface area contributed by atoms with Gasteiger partial charge in [0.1, 0.15) is 18.2 Å². The summed E-state index contributed by atoms with van der Waals surface area (Å²) < 4.78 is 12.1. The molecular formula is C29H41N5O13. The van der Waals surface area contributed by atoms with Crippen molar-refractivity contribution < 1.29 is 63.5 Å². The fraction of sp³-hybridized carbons (Fsp3) is 0.552. The van der Waals surface area contributed by atoms with E-state index >= 15 is 0 Å². The first-order valence-electron chi connectivity index (χ1n) is 14.8. The molecule has 0 saturated heterocycles. The zero-order valence-electron chi connectivity index (χ0n) is 26.1. The minimum Gasteiger partial charge on any atom is -0.483 e. The molecule has 0 fully saturated rings. The van der Waals surface area contributed by atoms with Crippen molar-refractivity contribution in [2.45, 2.75) is 51.4 Å². The summed E-state index contributed by atoms with van der Waals surface area (Å²) in [6, 6.07) is 3.96. The van der Waals surface area contributed by atoms with Crippen LogP contribution in [0, 0.1) is 0 Å². The van der Waals surface area contributed by atoms with Crippen LogP contribution in [0.2, 0.25) is 0 Å². The number of carboxylic acid groups (broad SMARTS) is 4. The number of hydrogen-bond donors (Lipinski definition) is 7. The Morgan fingerprint density at radius 3 is 1.68 bits per heavy atom. The molecular weight excluding hydrogens is 626 g/mol. The summed E-state index contributed by atoms with van der Waals surface area (Å²) in [5, 5.41) is 43.4. The van der Waals surface area contributed by atoms with Crippen molar-refractivity contribution in [2.75, 3.05) is 52.4 Å². The van der Waals surface area contributed by atoms with Crippen LogP contribution in [0.4, 0.5) is 0 Å². The van der Waals surface area contributed by atoms with Crippen LogP contribution in [-0.4, -0.2) is 142 Å². The Morgan fingerprint density at radius 1 is 0.702 bits per heavy atom. The van der Waals surface area contributed by atoms with Crippen molar-refractivity contribution in [1.29, 1.82) is 0 Å². The fourth-order valence-electron chi connectivity index (χ4n) is 4.75. The normalized spacial score (nSPS) is 15.8. The van der Waals surface area contributed by atoms with Gasteiger partial charge in [-0.05, 0) is 37.0 Å². The zero-order valence-corrected chi connectivity index (χ0v) is 26.1. The smallest absolute Gasteiger partial charge is 0.317 e. The van der Waals surface area contributed by atoms with Crippen LogP contribution < -0.4 is 25.4 Å². The Balaban J connectivity index is 2.09. The number of hydrogen-bond acceptors (Lipinski definition) is 11. The highest BCUT2D eigenvalue weighted by atomic mass is 16.6. The quantitative estimate of drug-likeness (QED) is 0.0764. The number of carbonyl (C=O) groups excluding carboxylic acids is 3. The summed E-state index contributed by atoms with van der Waals surface area (Å²) in [7, 11) is 0. The molecule has 2 rings (SSSR count). The highest BCUT2D eigenvalue weighted by Crippen LogP contribution is 2.36. The topological polar surface area (TPSA) is 261 Å². The Labute approximate surface area is 270 Å². The van der Waals surface area contributed by atoms with E-state index in [1.807, 2.05) is 19.9 Å². The lowest BCUT2D eigenvalue weighted by atomic mass is 10.1. The molecule has 47 heavy (non-hydrogen) atoms. The summed E-state index contributed by atoms with van der Waals surface area (Å²) in [4.78, 5) is 84.3. The molecule has 0 aliphatic carbocycles. The standard InChI is InChI=1S/C29H41N5O13/c1-3-19-20(4-2)47-22-9-17(5-6-21(22)46-19)7-8-30-29(45)18(32-24(36)12-34(15-27(41)42)16-28(43)44)10-31-23(35)11-33(13-25(37)38)14-26(39)40/h5-6,9,18-20H,3-4,7-8,10-16H2,1-2H3,(H,30,45)(H,31,35)(H,32,36)(H,37,38)(H,39,40)(H,41,42)(H,43,44). The van der Waals surface area contributed by atoms with Crippen molar-refractivity contribution in [2.24, 2.45) is 0 Å². The molecule has 7 N–H and O–H groups in total. The summed E-state index contributed by atoms with van der Waals surface area (Å²) >= 11 is 0. The Bertz CT molecular complexity index is 1280. The molecule has 1 heterocycles. The maximum atomic E-state index is 13.1. The molecule has 3 unspecified atom stereocenters. The largest absolute Gasteiger partial charge is 0.483 e. The predicted octanol–water partition coefficient (Wildman–Crippen LogP) is -1.78. The van der Waals surface area contributed by atoms with E-state index in [-0.39, 0.29) is 18.8 Å². The average molecular weight is 668 g/mol. The van der Waals surface area contributed by atoms with Gasteiger partial charge in [-0.25, -0.2) is 0 Å². The third-order valence-electron chi connectivity index (χ3n) is 6.82. The minimum atomic E-state index is -1.42. The average Bonchev–Trinajstić information content (AvgIpc) is 2.96. The molecule has 0 saturated carbocycles. The van der Waals surface area contributed by atoms with E-state index in [2.05, 4.69) is 16.0 Å². The van der Waals surface area contributed by atoms with Crippen molar-refractivity contribution >= 4 is 41.6 Å². The van der Waals surface area contributed by atoms with Gasteiger partial charge in [-0.3, -0.25) is 43.4 Å². The van der Waals surface area contributed by atoms with E-state index < -0.39 is 93.5 Å². The van der Waals surface area contributed by atoms with Crippen LogP contribution in [-0.2, 0) is 40.0 Å². The summed E-state index contributed by atoms with van der Waals surface area (Å²) in [5.74, 6) is -6.83. The van der Waals surface area contributed by atoms with Crippen LogP contribution >= 0.6 is 0 Å². The van der Waals surface area contributed by atoms with Crippen LogP contribution in [0.25, 0.3) is 0 Å². The molecule has 0 radical (unpaired) electrons. The van der Waals surface area contributed by atoms with E-state index in [1.54, 1.807) is 12.1 Å². The van der Waals surface area contributed by atoms with Crippen LogP contribution in [0.5, 0.6) is 11.5 Å². The monoisotopic (exact) mass is 667 g/mol. The zero-order chi connectivity index (χ0) is 35.1. The van der Waals surface area contributed by atoms with Gasteiger partial charge in [0.25, 0.3) is 0 Å². The second-order valence-corrected chi connectivity index (χ2v) is 10.7. The maximum Gasteiger partial charge on any atom is 0.317 e. The van der Waals surface area contributed by atoms with E-state index in [1.165, 1.54) is 0 Å². The molecule has 18 nitrogen and oxygen atoms in total. The van der Waals surface area contributed by atoms with Gasteiger partial charge in [-0.2, -0.15) is 0 Å². The molecule has 0 bridgehead atoms. The minimum absolute atomic E-state index is 0.0666. The first-order chi connectivity index (χ1) is 22.2. The van der Waals surface area contributed by atoms with Gasteiger partial charge >= 0.3 is 23.9 Å². The number of carbonyl (C=O) groups is 7. The number of nitrogens with zero attached hydrogens (tertiary/aromatic N) is 2. The lowest BCUT2D eigenvalue weighted by Crippen LogP contribution is -2.55. The maximum absolute atomic E-state index is 13.1. The van der Waals surface area contributed by atoms with Crippen LogP contribution in [0.3, 0.4) is 0 Å². The SMILES string of the molecule is CCC1Oc2ccc(CCNC(=O)C(CNC(=O)CN(CC(=O)O)CC(=O)O)NC(=O)CN(CC(=O)O)CC(=O)O)cc2OC1CC. The lowest BCUT2D eigenvalue weighted by molar-refractivity contribution is -0.145. The second-order valence-electron chi connectivity index (χ2n) is 10.7. The van der Waals surface area contributed by atoms with E-state index in [0.29, 0.717) is 17.9 Å². The number of benzene rings is 1. The highest BCUT2D eigenvalue weighted by molar-refractivity contribution is 5.90. The number of nitrogens with one attached hydrogen (secondary N) is 3. The van der Waals surface area contributed by atoms with Gasteiger partial charge in [-0.15, -0.1) is 0 Å². The molecule has 18 heteroatoms. The number of rotatable bonds is 21. The molecule has 1 aliphatic heterocycles. The van der Waals surface area contributed by atoms with Crippen LogP contribution in [0.15, 0.2) is 18.2 Å². The van der Waals surface area contributed by atoms with E-state index in [0.717, 1.165) is 28.2 Å². The Kier molecular flexibility index (Phi) is 15.3. The molecule has 1 aromatic carbocycles. The van der Waals surface area contributed by atoms with Gasteiger partial charge < -0.3 is 45.9 Å². The Hall–Kier alpha value is -4.97. The number of aliphatic carboxylic acids is 4. The molecule has 260 valence electrons. The van der Waals surface area contributed by atoms with E-state index in [4.69, 9.17) is 29.9 Å². The van der Waals surface area contributed by atoms with Crippen molar-refractivity contribution in [3.8, 4) is 11.5 Å². The molecule has 3 atom stereocenters. The Morgan fingerprint density at radius 2 is 1.19 bits per heavy atom. The van der Waals surface area contributed by atoms with Crippen molar-refractivity contribution in [3.05, 3.63) is 23.8 Å². The molecule has 3 amide bonds. The number of ether oxygens (including phenoxy) is 2. The van der Waals surface area contributed by atoms with Crippen LogP contribution in [0.1, 0.15) is 32.3 Å². The molecule has 1 aromatic rings. The first-order valence-corrected chi connectivity index (χ1v) is 14.8. The predicted molar refractivity (Wildman–Crippen MR) is 161 cm³/mol. The molecule has 0 aromatic heterocycles. The van der Waals surface area contributed by atoms with Crippen molar-refractivity contribution in [3.63, 3.8) is 0 Å².